The molecule has 1 unspecified atom stereocenters. The van der Waals surface area contributed by atoms with Gasteiger partial charge in [-0.25, -0.2) is 4.98 Å². The topological polar surface area (TPSA) is 47.4 Å². The van der Waals surface area contributed by atoms with Crippen LogP contribution in [0.25, 0.3) is 11.0 Å². The number of benzene rings is 2. The summed E-state index contributed by atoms with van der Waals surface area (Å²) < 4.78 is 8.15. The van der Waals surface area contributed by atoms with Crippen LogP contribution >= 0.6 is 11.6 Å². The number of para-hydroxylation sites is 2. The number of imidazole rings is 1. The quantitative estimate of drug-likeness (QED) is 0.382. The minimum atomic E-state index is 0.169. The van der Waals surface area contributed by atoms with Crippen LogP contribution in [0.15, 0.2) is 48.5 Å². The largest absolute Gasteiger partial charge is 0.494 e. The van der Waals surface area contributed by atoms with E-state index in [9.17, 15) is 4.79 Å². The lowest BCUT2D eigenvalue weighted by atomic mass is 10.1. The van der Waals surface area contributed by atoms with Gasteiger partial charge in [0.15, 0.2) is 0 Å². The number of nitrogens with zero attached hydrogens (tertiary/aromatic N) is 3. The molecule has 1 fully saturated rings. The molecule has 0 aliphatic carbocycles. The summed E-state index contributed by atoms with van der Waals surface area (Å²) in [5.41, 5.74) is 2.16. The Bertz CT molecular complexity index is 1020. The smallest absolute Gasteiger partial charge is 0.223 e. The Kier molecular flexibility index (Phi) is 7.13. The second kappa shape index (κ2) is 10.2. The summed E-state index contributed by atoms with van der Waals surface area (Å²) in [6.07, 6.45) is 4.65. The molecule has 0 spiro atoms. The zero-order chi connectivity index (χ0) is 21.6. The number of carbonyl (C=O) groups is 1. The number of carbonyl (C=O) groups excluding carboxylic acids is 1. The minimum Gasteiger partial charge on any atom is -0.494 e. The predicted octanol–water partition coefficient (Wildman–Crippen LogP) is 5.66. The molecular weight excluding hydrogens is 410 g/mol. The SMILES string of the molecule is CCCCN1CC(c2nc3ccccc3n2CCCCOc2ccc(Cl)cc2)CC1=O. The van der Waals surface area contributed by atoms with Crippen LogP contribution in [0.2, 0.25) is 5.02 Å². The Hall–Kier alpha value is -2.53. The Morgan fingerprint density at radius 3 is 2.68 bits per heavy atom. The first-order valence-corrected chi connectivity index (χ1v) is 11.6. The van der Waals surface area contributed by atoms with Gasteiger partial charge in [0.2, 0.25) is 5.91 Å². The summed E-state index contributed by atoms with van der Waals surface area (Å²) in [5.74, 6) is 2.32. The highest BCUT2D eigenvalue weighted by atomic mass is 35.5. The highest BCUT2D eigenvalue weighted by Crippen LogP contribution is 2.31. The van der Waals surface area contributed by atoms with Gasteiger partial charge in [-0.2, -0.15) is 0 Å². The Morgan fingerprint density at radius 2 is 1.87 bits per heavy atom. The summed E-state index contributed by atoms with van der Waals surface area (Å²) in [5, 5.41) is 0.713. The van der Waals surface area contributed by atoms with Gasteiger partial charge >= 0.3 is 0 Å². The molecule has 1 aromatic heterocycles. The fourth-order valence-corrected chi connectivity index (χ4v) is 4.37. The normalized spacial score (nSPS) is 16.4. The van der Waals surface area contributed by atoms with Gasteiger partial charge < -0.3 is 14.2 Å². The molecule has 1 saturated heterocycles. The molecule has 1 aliphatic rings. The molecular formula is C25H30ClN3O2. The number of halogens is 1. The standard InChI is InChI=1S/C25H30ClN3O2/c1-2-3-14-28-18-19(17-24(28)30)25-27-22-8-4-5-9-23(22)29(25)15-6-7-16-31-21-12-10-20(26)11-13-21/h4-5,8-13,19H,2-3,6-7,14-18H2,1H3. The summed E-state index contributed by atoms with van der Waals surface area (Å²) in [7, 11) is 0. The molecule has 1 atom stereocenters. The first-order chi connectivity index (χ1) is 15.2. The minimum absolute atomic E-state index is 0.169. The molecule has 0 radical (unpaired) electrons. The van der Waals surface area contributed by atoms with Crippen molar-refractivity contribution >= 4 is 28.5 Å². The molecule has 6 heteroatoms. The van der Waals surface area contributed by atoms with Crippen molar-refractivity contribution in [3.8, 4) is 5.75 Å². The van der Waals surface area contributed by atoms with E-state index < -0.39 is 0 Å². The van der Waals surface area contributed by atoms with Crippen molar-refractivity contribution in [1.82, 2.24) is 14.5 Å². The molecule has 0 bridgehead atoms. The molecule has 0 saturated carbocycles. The van der Waals surface area contributed by atoms with Gasteiger partial charge in [0, 0.05) is 37.0 Å². The fraction of sp³-hybridized carbons (Fsp3) is 0.440. The van der Waals surface area contributed by atoms with Crippen molar-refractivity contribution in [3.63, 3.8) is 0 Å². The predicted molar refractivity (Wildman–Crippen MR) is 125 cm³/mol. The third kappa shape index (κ3) is 5.21. The maximum Gasteiger partial charge on any atom is 0.223 e. The van der Waals surface area contributed by atoms with Crippen LogP contribution in [0.5, 0.6) is 5.75 Å². The van der Waals surface area contributed by atoms with E-state index in [0.29, 0.717) is 18.1 Å². The molecule has 2 aromatic carbocycles. The van der Waals surface area contributed by atoms with Crippen molar-refractivity contribution in [1.29, 1.82) is 0 Å². The molecule has 1 amide bonds. The summed E-state index contributed by atoms with van der Waals surface area (Å²) in [4.78, 5) is 19.5. The van der Waals surface area contributed by atoms with E-state index in [1.807, 2.05) is 35.2 Å². The molecule has 0 N–H and O–H groups in total. The maximum atomic E-state index is 12.5. The van der Waals surface area contributed by atoms with Gasteiger partial charge in [0.1, 0.15) is 11.6 Å². The van der Waals surface area contributed by atoms with E-state index in [2.05, 4.69) is 29.7 Å². The molecule has 3 aromatic rings. The van der Waals surface area contributed by atoms with Crippen LogP contribution in [0, 0.1) is 0 Å². The molecule has 4 rings (SSSR count). The number of aromatic nitrogens is 2. The van der Waals surface area contributed by atoms with Crippen LogP contribution in [-0.4, -0.2) is 40.1 Å². The first-order valence-electron chi connectivity index (χ1n) is 11.3. The van der Waals surface area contributed by atoms with Crippen molar-refractivity contribution in [2.75, 3.05) is 19.7 Å². The van der Waals surface area contributed by atoms with Crippen LogP contribution in [0.3, 0.4) is 0 Å². The molecule has 31 heavy (non-hydrogen) atoms. The number of amides is 1. The summed E-state index contributed by atoms with van der Waals surface area (Å²) in [6.45, 7) is 5.33. The maximum absolute atomic E-state index is 12.5. The van der Waals surface area contributed by atoms with Gasteiger partial charge in [0.25, 0.3) is 0 Å². The number of hydrogen-bond donors (Lipinski definition) is 0. The zero-order valence-electron chi connectivity index (χ0n) is 18.1. The number of aryl methyl sites for hydroxylation is 1. The third-order valence-electron chi connectivity index (χ3n) is 5.90. The van der Waals surface area contributed by atoms with Crippen molar-refractivity contribution in [3.05, 3.63) is 59.4 Å². The van der Waals surface area contributed by atoms with E-state index in [0.717, 1.165) is 67.9 Å². The summed E-state index contributed by atoms with van der Waals surface area (Å²) >= 11 is 5.92. The van der Waals surface area contributed by atoms with Crippen molar-refractivity contribution in [2.45, 2.75) is 51.5 Å². The number of ether oxygens (including phenoxy) is 1. The molecule has 2 heterocycles. The van der Waals surface area contributed by atoms with E-state index in [-0.39, 0.29) is 11.8 Å². The first kappa shape index (κ1) is 21.7. The highest BCUT2D eigenvalue weighted by Gasteiger charge is 2.33. The van der Waals surface area contributed by atoms with Crippen LogP contribution in [-0.2, 0) is 11.3 Å². The number of likely N-dealkylation sites (tertiary alicyclic amines) is 1. The molecule has 1 aliphatic heterocycles. The van der Waals surface area contributed by atoms with Gasteiger partial charge in [0.05, 0.1) is 17.6 Å². The third-order valence-corrected chi connectivity index (χ3v) is 6.16. The van der Waals surface area contributed by atoms with Gasteiger partial charge in [-0.3, -0.25) is 4.79 Å². The number of hydrogen-bond acceptors (Lipinski definition) is 3. The van der Waals surface area contributed by atoms with Crippen LogP contribution < -0.4 is 4.74 Å². The lowest BCUT2D eigenvalue weighted by Crippen LogP contribution is -2.26. The lowest BCUT2D eigenvalue weighted by molar-refractivity contribution is -0.127. The van der Waals surface area contributed by atoms with Gasteiger partial charge in [-0.1, -0.05) is 37.1 Å². The Labute approximate surface area is 189 Å². The number of unbranched alkanes of at least 4 members (excludes halogenated alkanes) is 2. The van der Waals surface area contributed by atoms with Gasteiger partial charge in [-0.05, 0) is 55.7 Å². The van der Waals surface area contributed by atoms with Crippen molar-refractivity contribution in [2.24, 2.45) is 0 Å². The Balaban J connectivity index is 1.41. The van der Waals surface area contributed by atoms with E-state index in [1.54, 1.807) is 0 Å². The van der Waals surface area contributed by atoms with E-state index in [1.165, 1.54) is 0 Å². The average Bonchev–Trinajstić information content (AvgIpc) is 3.33. The van der Waals surface area contributed by atoms with Gasteiger partial charge in [-0.15, -0.1) is 0 Å². The molecule has 5 nitrogen and oxygen atoms in total. The number of rotatable bonds is 10. The fourth-order valence-electron chi connectivity index (χ4n) is 4.24. The van der Waals surface area contributed by atoms with Crippen LogP contribution in [0.4, 0.5) is 0 Å². The lowest BCUT2D eigenvalue weighted by Gasteiger charge is -2.17. The second-order valence-corrected chi connectivity index (χ2v) is 8.65. The number of fused-ring (bicyclic) bond motifs is 1. The highest BCUT2D eigenvalue weighted by molar-refractivity contribution is 6.30. The average molecular weight is 440 g/mol. The molecule has 164 valence electrons. The zero-order valence-corrected chi connectivity index (χ0v) is 18.9. The van der Waals surface area contributed by atoms with Crippen molar-refractivity contribution < 1.29 is 9.53 Å². The second-order valence-electron chi connectivity index (χ2n) is 8.21. The van der Waals surface area contributed by atoms with E-state index >= 15 is 0 Å². The Morgan fingerprint density at radius 1 is 1.06 bits per heavy atom. The van der Waals surface area contributed by atoms with E-state index in [4.69, 9.17) is 21.3 Å². The summed E-state index contributed by atoms with van der Waals surface area (Å²) in [6, 6.07) is 15.7. The van der Waals surface area contributed by atoms with Crippen LogP contribution in [0.1, 0.15) is 50.8 Å². The monoisotopic (exact) mass is 439 g/mol.